The zero-order chi connectivity index (χ0) is 15.0. The minimum absolute atomic E-state index is 0.0660. The molecular formula is C16H19BrN2O2. The number of hydrogen-bond acceptors (Lipinski definition) is 2. The number of piperidine rings is 1. The van der Waals surface area contributed by atoms with E-state index in [4.69, 9.17) is 0 Å². The van der Waals surface area contributed by atoms with Crippen LogP contribution in [0.15, 0.2) is 22.7 Å². The van der Waals surface area contributed by atoms with Crippen molar-refractivity contribution >= 4 is 33.4 Å². The Labute approximate surface area is 133 Å². The van der Waals surface area contributed by atoms with Crippen LogP contribution in [0.2, 0.25) is 0 Å². The first-order valence-electron chi connectivity index (χ1n) is 7.45. The fourth-order valence-corrected chi connectivity index (χ4v) is 3.50. The van der Waals surface area contributed by atoms with Crippen molar-refractivity contribution in [2.45, 2.75) is 38.6 Å². The van der Waals surface area contributed by atoms with Gasteiger partial charge in [0.15, 0.2) is 0 Å². The Bertz CT molecular complexity index is 588. The van der Waals surface area contributed by atoms with E-state index >= 15 is 0 Å². The highest BCUT2D eigenvalue weighted by molar-refractivity contribution is 9.10. The lowest BCUT2D eigenvalue weighted by Crippen LogP contribution is -2.49. The minimum atomic E-state index is -0.270. The average Bonchev–Trinajstić information content (AvgIpc) is 2.61. The maximum atomic E-state index is 12.8. The van der Waals surface area contributed by atoms with E-state index in [0.29, 0.717) is 13.0 Å². The number of benzene rings is 1. The van der Waals surface area contributed by atoms with Crippen LogP contribution in [0.4, 0.5) is 5.69 Å². The fourth-order valence-electron chi connectivity index (χ4n) is 3.13. The number of hydrogen-bond donors (Lipinski definition) is 0. The van der Waals surface area contributed by atoms with Crippen molar-refractivity contribution in [1.29, 1.82) is 0 Å². The molecule has 2 saturated heterocycles. The lowest BCUT2D eigenvalue weighted by Gasteiger charge is -2.34. The summed E-state index contributed by atoms with van der Waals surface area (Å²) >= 11 is 3.52. The molecule has 0 aromatic heterocycles. The molecule has 2 aliphatic rings. The average molecular weight is 351 g/mol. The summed E-state index contributed by atoms with van der Waals surface area (Å²) in [7, 11) is 0. The Morgan fingerprint density at radius 1 is 1.19 bits per heavy atom. The smallest absolute Gasteiger partial charge is 0.249 e. The third-order valence-electron chi connectivity index (χ3n) is 4.39. The van der Waals surface area contributed by atoms with E-state index in [1.54, 1.807) is 9.80 Å². The van der Waals surface area contributed by atoms with Crippen molar-refractivity contribution in [2.24, 2.45) is 0 Å². The van der Waals surface area contributed by atoms with Gasteiger partial charge in [-0.15, -0.1) is 0 Å². The standard InChI is InChI=1S/C16H19BrN2O2/c1-11-5-6-12(10-13(11)17)18-9-7-15(20)19-8-3-2-4-14(19)16(18)21/h5-6,10,14H,2-4,7-9H2,1H3. The highest BCUT2D eigenvalue weighted by Gasteiger charge is 2.38. The van der Waals surface area contributed by atoms with Crippen molar-refractivity contribution in [3.05, 3.63) is 28.2 Å². The van der Waals surface area contributed by atoms with Crippen molar-refractivity contribution in [2.75, 3.05) is 18.0 Å². The molecule has 21 heavy (non-hydrogen) atoms. The number of anilines is 1. The van der Waals surface area contributed by atoms with Gasteiger partial charge >= 0.3 is 0 Å². The predicted molar refractivity (Wildman–Crippen MR) is 85.2 cm³/mol. The molecule has 1 unspecified atom stereocenters. The van der Waals surface area contributed by atoms with Crippen LogP contribution in [0.5, 0.6) is 0 Å². The Balaban J connectivity index is 1.93. The molecule has 4 nitrogen and oxygen atoms in total. The van der Waals surface area contributed by atoms with E-state index in [-0.39, 0.29) is 17.9 Å². The zero-order valence-corrected chi connectivity index (χ0v) is 13.7. The van der Waals surface area contributed by atoms with Crippen molar-refractivity contribution in [3.8, 4) is 0 Å². The maximum Gasteiger partial charge on any atom is 0.249 e. The second kappa shape index (κ2) is 5.79. The van der Waals surface area contributed by atoms with Crippen molar-refractivity contribution in [1.82, 2.24) is 4.90 Å². The van der Waals surface area contributed by atoms with Gasteiger partial charge in [-0.1, -0.05) is 22.0 Å². The molecule has 0 bridgehead atoms. The normalized spacial score (nSPS) is 23.0. The van der Waals surface area contributed by atoms with Crippen LogP contribution in [-0.2, 0) is 9.59 Å². The third kappa shape index (κ3) is 2.71. The number of rotatable bonds is 1. The summed E-state index contributed by atoms with van der Waals surface area (Å²) in [4.78, 5) is 28.6. The number of carbonyl (C=O) groups excluding carboxylic acids is 2. The van der Waals surface area contributed by atoms with E-state index in [1.807, 2.05) is 25.1 Å². The van der Waals surface area contributed by atoms with Gasteiger partial charge in [0, 0.05) is 29.7 Å². The third-order valence-corrected chi connectivity index (χ3v) is 5.24. The number of nitrogens with zero attached hydrogens (tertiary/aromatic N) is 2. The van der Waals surface area contributed by atoms with Crippen LogP contribution < -0.4 is 4.90 Å². The lowest BCUT2D eigenvalue weighted by atomic mass is 10.0. The molecule has 5 heteroatoms. The number of amides is 2. The predicted octanol–water partition coefficient (Wildman–Crippen LogP) is 2.88. The zero-order valence-electron chi connectivity index (χ0n) is 12.1. The molecular weight excluding hydrogens is 332 g/mol. The second-order valence-electron chi connectivity index (χ2n) is 5.77. The molecule has 112 valence electrons. The SMILES string of the molecule is Cc1ccc(N2CCC(=O)N3CCCCC3C2=O)cc1Br. The molecule has 1 atom stereocenters. The van der Waals surface area contributed by atoms with E-state index in [9.17, 15) is 9.59 Å². The van der Waals surface area contributed by atoms with Crippen molar-refractivity contribution in [3.63, 3.8) is 0 Å². The van der Waals surface area contributed by atoms with Gasteiger partial charge in [0.25, 0.3) is 0 Å². The second-order valence-corrected chi connectivity index (χ2v) is 6.63. The first kappa shape index (κ1) is 14.6. The van der Waals surface area contributed by atoms with E-state index in [2.05, 4.69) is 15.9 Å². The molecule has 0 aliphatic carbocycles. The van der Waals surface area contributed by atoms with Gasteiger partial charge < -0.3 is 9.80 Å². The molecule has 3 rings (SSSR count). The highest BCUT2D eigenvalue weighted by Crippen LogP contribution is 2.29. The summed E-state index contributed by atoms with van der Waals surface area (Å²) in [5.74, 6) is 0.179. The van der Waals surface area contributed by atoms with Gasteiger partial charge in [-0.2, -0.15) is 0 Å². The van der Waals surface area contributed by atoms with Gasteiger partial charge in [0.1, 0.15) is 6.04 Å². The van der Waals surface area contributed by atoms with Crippen LogP contribution in [0.1, 0.15) is 31.2 Å². The molecule has 0 radical (unpaired) electrons. The van der Waals surface area contributed by atoms with E-state index in [1.165, 1.54) is 0 Å². The Morgan fingerprint density at radius 3 is 2.76 bits per heavy atom. The molecule has 1 aromatic carbocycles. The van der Waals surface area contributed by atoms with Gasteiger partial charge in [0.05, 0.1) is 0 Å². The van der Waals surface area contributed by atoms with Crippen LogP contribution in [-0.4, -0.2) is 35.8 Å². The number of fused-ring (bicyclic) bond motifs is 1. The molecule has 0 N–H and O–H groups in total. The topological polar surface area (TPSA) is 40.6 Å². The molecule has 2 fully saturated rings. The molecule has 2 amide bonds. The minimum Gasteiger partial charge on any atom is -0.331 e. The first-order chi connectivity index (χ1) is 10.1. The van der Waals surface area contributed by atoms with Crippen LogP contribution in [0, 0.1) is 6.92 Å². The number of aryl methyl sites for hydroxylation is 1. The maximum absolute atomic E-state index is 12.8. The summed E-state index contributed by atoms with van der Waals surface area (Å²) < 4.78 is 0.990. The molecule has 2 heterocycles. The van der Waals surface area contributed by atoms with E-state index in [0.717, 1.165) is 41.5 Å². The molecule has 0 spiro atoms. The quantitative estimate of drug-likeness (QED) is 0.781. The lowest BCUT2D eigenvalue weighted by molar-refractivity contribution is -0.138. The summed E-state index contributed by atoms with van der Waals surface area (Å²) in [6.45, 7) is 3.21. The van der Waals surface area contributed by atoms with Gasteiger partial charge in [-0.3, -0.25) is 9.59 Å². The molecule has 2 aliphatic heterocycles. The van der Waals surface area contributed by atoms with E-state index < -0.39 is 0 Å². The largest absolute Gasteiger partial charge is 0.331 e. The summed E-state index contributed by atoms with van der Waals surface area (Å²) in [5, 5.41) is 0. The fraction of sp³-hybridized carbons (Fsp3) is 0.500. The van der Waals surface area contributed by atoms with Gasteiger partial charge in [-0.25, -0.2) is 0 Å². The summed E-state index contributed by atoms with van der Waals surface area (Å²) in [5.41, 5.74) is 2.01. The summed E-state index contributed by atoms with van der Waals surface area (Å²) in [6, 6.07) is 5.66. The number of carbonyl (C=O) groups is 2. The van der Waals surface area contributed by atoms with Crippen LogP contribution in [0.3, 0.4) is 0 Å². The first-order valence-corrected chi connectivity index (χ1v) is 8.24. The highest BCUT2D eigenvalue weighted by atomic mass is 79.9. The van der Waals surface area contributed by atoms with Crippen LogP contribution in [0.25, 0.3) is 0 Å². The number of halogens is 1. The van der Waals surface area contributed by atoms with Crippen LogP contribution >= 0.6 is 15.9 Å². The Morgan fingerprint density at radius 2 is 2.00 bits per heavy atom. The molecule has 0 saturated carbocycles. The van der Waals surface area contributed by atoms with Gasteiger partial charge in [-0.05, 0) is 43.9 Å². The Kier molecular flexibility index (Phi) is 4.02. The van der Waals surface area contributed by atoms with Gasteiger partial charge in [0.2, 0.25) is 11.8 Å². The summed E-state index contributed by atoms with van der Waals surface area (Å²) in [6.07, 6.45) is 3.22. The monoisotopic (exact) mass is 350 g/mol. The Hall–Kier alpha value is -1.36. The molecule has 1 aromatic rings. The van der Waals surface area contributed by atoms with Crippen molar-refractivity contribution < 1.29 is 9.59 Å².